The van der Waals surface area contributed by atoms with Gasteiger partial charge in [0.05, 0.1) is 18.4 Å². The second-order valence-electron chi connectivity index (χ2n) is 2.45. The Morgan fingerprint density at radius 1 is 1.33 bits per heavy atom. The summed E-state index contributed by atoms with van der Waals surface area (Å²) < 4.78 is 4.47. The van der Waals surface area contributed by atoms with Crippen LogP contribution in [-0.4, -0.2) is 19.2 Å². The summed E-state index contributed by atoms with van der Waals surface area (Å²) in [5, 5.41) is 12.3. The van der Waals surface area contributed by atoms with E-state index in [9.17, 15) is 14.7 Å². The number of nitrogens with one attached hydrogen (secondary N) is 1. The maximum atomic E-state index is 11.1. The van der Waals surface area contributed by atoms with Gasteiger partial charge in [0.25, 0.3) is 0 Å². The quantitative estimate of drug-likeness (QED) is 0.429. The molecule has 15 heavy (non-hydrogen) atoms. The van der Waals surface area contributed by atoms with Crippen molar-refractivity contribution in [3.8, 4) is 0 Å². The Kier molecular flexibility index (Phi) is 6.00. The number of para-hydroxylation sites is 1. The molecule has 0 saturated carbocycles. The van der Waals surface area contributed by atoms with Crippen molar-refractivity contribution in [2.45, 2.75) is 0 Å². The van der Waals surface area contributed by atoms with Gasteiger partial charge in [-0.1, -0.05) is 12.1 Å². The second kappa shape index (κ2) is 6.44. The predicted octanol–water partition coefficient (Wildman–Crippen LogP) is -2.77. The molecule has 0 aliphatic rings. The molecule has 0 aliphatic heterocycles. The number of hydrogen-bond donors (Lipinski definition) is 1. The van der Waals surface area contributed by atoms with Crippen molar-refractivity contribution >= 4 is 17.7 Å². The summed E-state index contributed by atoms with van der Waals surface area (Å²) in [4.78, 5) is 21.4. The average molecular weight is 217 g/mol. The largest absolute Gasteiger partial charge is 1.00 e. The van der Waals surface area contributed by atoms with Crippen LogP contribution in [0.25, 0.3) is 0 Å². The van der Waals surface area contributed by atoms with Gasteiger partial charge in [-0.15, -0.1) is 0 Å². The molecular weight excluding hydrogens is 209 g/mol. The molecule has 0 atom stereocenters. The van der Waals surface area contributed by atoms with Crippen molar-refractivity contribution in [2.75, 3.05) is 12.4 Å². The van der Waals surface area contributed by atoms with Crippen LogP contribution in [0, 0.1) is 0 Å². The van der Waals surface area contributed by atoms with Crippen molar-refractivity contribution in [3.63, 3.8) is 0 Å². The number of benzene rings is 1. The van der Waals surface area contributed by atoms with Gasteiger partial charge in [-0.25, -0.2) is 4.79 Å². The number of esters is 1. The molecule has 5 nitrogen and oxygen atoms in total. The van der Waals surface area contributed by atoms with E-state index in [0.717, 1.165) is 0 Å². The van der Waals surface area contributed by atoms with Crippen LogP contribution in [0.4, 0.5) is 10.5 Å². The van der Waals surface area contributed by atoms with E-state index in [1.165, 1.54) is 19.2 Å². The molecule has 6 heteroatoms. The zero-order valence-corrected chi connectivity index (χ0v) is 10.4. The van der Waals surface area contributed by atoms with Crippen LogP contribution in [0.15, 0.2) is 24.3 Å². The molecule has 0 bridgehead atoms. The van der Waals surface area contributed by atoms with Crippen molar-refractivity contribution < 1.29 is 49.0 Å². The fourth-order valence-electron chi connectivity index (χ4n) is 0.990. The number of hydrogen-bond acceptors (Lipinski definition) is 4. The Balaban J connectivity index is 0.00000196. The molecule has 1 rings (SSSR count). The molecule has 0 aromatic heterocycles. The zero-order chi connectivity index (χ0) is 10.6. The van der Waals surface area contributed by atoms with E-state index in [1.54, 1.807) is 12.1 Å². The molecule has 0 radical (unpaired) electrons. The van der Waals surface area contributed by atoms with Crippen LogP contribution in [0.3, 0.4) is 0 Å². The van der Waals surface area contributed by atoms with Gasteiger partial charge in [-0.2, -0.15) is 0 Å². The summed E-state index contributed by atoms with van der Waals surface area (Å²) in [5.74, 6) is -0.602. The van der Waals surface area contributed by atoms with Crippen molar-refractivity contribution in [1.82, 2.24) is 0 Å². The molecule has 0 fully saturated rings. The maximum absolute atomic E-state index is 11.1. The first-order chi connectivity index (χ1) is 6.65. The zero-order valence-electron chi connectivity index (χ0n) is 8.44. The monoisotopic (exact) mass is 217 g/mol. The standard InChI is InChI=1S/C9H9NO4.Na/c1-14-8(11)6-4-2-3-5-7(6)10-9(12)13;/h2-5,10H,1H3,(H,12,13);/q;+1/p-1. The number of carbonyl (C=O) groups is 2. The fraction of sp³-hybridized carbons (Fsp3) is 0.111. The van der Waals surface area contributed by atoms with Gasteiger partial charge in [0, 0.05) is 0 Å². The fourth-order valence-corrected chi connectivity index (χ4v) is 0.990. The van der Waals surface area contributed by atoms with E-state index in [-0.39, 0.29) is 40.8 Å². The number of carbonyl (C=O) groups excluding carboxylic acids is 2. The molecule has 0 heterocycles. The Morgan fingerprint density at radius 3 is 2.47 bits per heavy atom. The molecule has 0 unspecified atom stereocenters. The van der Waals surface area contributed by atoms with Gasteiger partial charge in [-0.3, -0.25) is 0 Å². The van der Waals surface area contributed by atoms with Crippen LogP contribution >= 0.6 is 0 Å². The SMILES string of the molecule is COC(=O)c1ccccc1NC(=O)[O-].[Na+]. The summed E-state index contributed by atoms with van der Waals surface area (Å²) in [6.07, 6.45) is -1.47. The molecule has 74 valence electrons. The smallest absolute Gasteiger partial charge is 0.530 e. The molecule has 0 spiro atoms. The van der Waals surface area contributed by atoms with Crippen LogP contribution < -0.4 is 40.0 Å². The van der Waals surface area contributed by atoms with Gasteiger partial charge < -0.3 is 20.0 Å². The minimum absolute atomic E-state index is 0. The van der Waals surface area contributed by atoms with Gasteiger partial charge in [-0.05, 0) is 12.1 Å². The minimum Gasteiger partial charge on any atom is -0.530 e. The van der Waals surface area contributed by atoms with E-state index in [2.05, 4.69) is 4.74 Å². The summed E-state index contributed by atoms with van der Waals surface area (Å²) in [5.41, 5.74) is 0.304. The third-order valence-electron chi connectivity index (χ3n) is 1.57. The molecule has 0 saturated heterocycles. The Morgan fingerprint density at radius 2 is 1.93 bits per heavy atom. The summed E-state index contributed by atoms with van der Waals surface area (Å²) >= 11 is 0. The van der Waals surface area contributed by atoms with Crippen molar-refractivity contribution in [1.29, 1.82) is 0 Å². The molecule has 1 aromatic carbocycles. The molecule has 1 amide bonds. The van der Waals surface area contributed by atoms with Gasteiger partial charge in [0.2, 0.25) is 0 Å². The van der Waals surface area contributed by atoms with Gasteiger partial charge in [0.15, 0.2) is 0 Å². The Hall–Kier alpha value is -1.04. The van der Waals surface area contributed by atoms with E-state index in [1.807, 2.05) is 5.32 Å². The molecule has 1 aromatic rings. The number of amides is 1. The van der Waals surface area contributed by atoms with Crippen LogP contribution in [0.1, 0.15) is 10.4 Å². The number of rotatable bonds is 2. The molecule has 0 aliphatic carbocycles. The third-order valence-corrected chi connectivity index (χ3v) is 1.57. The first kappa shape index (κ1) is 14.0. The maximum Gasteiger partial charge on any atom is 1.00 e. The van der Waals surface area contributed by atoms with Crippen LogP contribution in [0.2, 0.25) is 0 Å². The summed E-state index contributed by atoms with van der Waals surface area (Å²) in [7, 11) is 1.22. The second-order valence-corrected chi connectivity index (χ2v) is 2.45. The van der Waals surface area contributed by atoms with E-state index in [0.29, 0.717) is 0 Å². The molecule has 1 N–H and O–H groups in total. The van der Waals surface area contributed by atoms with Crippen molar-refractivity contribution in [2.24, 2.45) is 0 Å². The van der Waals surface area contributed by atoms with E-state index >= 15 is 0 Å². The predicted molar refractivity (Wildman–Crippen MR) is 46.8 cm³/mol. The number of carboxylic acid groups (broad SMARTS) is 1. The molecular formula is C9H8NNaO4. The Bertz CT molecular complexity index is 367. The normalized spacial score (nSPS) is 8.60. The van der Waals surface area contributed by atoms with E-state index < -0.39 is 12.1 Å². The number of methoxy groups -OCH3 is 1. The topological polar surface area (TPSA) is 78.5 Å². The summed E-state index contributed by atoms with van der Waals surface area (Å²) in [6, 6.07) is 6.10. The van der Waals surface area contributed by atoms with Gasteiger partial charge in [0.1, 0.15) is 6.09 Å². The first-order valence-electron chi connectivity index (χ1n) is 3.80. The van der Waals surface area contributed by atoms with Crippen molar-refractivity contribution in [3.05, 3.63) is 29.8 Å². The third kappa shape index (κ3) is 3.91. The number of ether oxygens (including phenoxy) is 1. The Labute approximate surface area is 109 Å². The van der Waals surface area contributed by atoms with Crippen LogP contribution in [-0.2, 0) is 4.74 Å². The summed E-state index contributed by atoms with van der Waals surface area (Å²) in [6.45, 7) is 0. The van der Waals surface area contributed by atoms with E-state index in [4.69, 9.17) is 0 Å². The van der Waals surface area contributed by atoms with Crippen LogP contribution in [0.5, 0.6) is 0 Å². The first-order valence-corrected chi connectivity index (χ1v) is 3.80. The minimum atomic E-state index is -1.47. The van der Waals surface area contributed by atoms with Gasteiger partial charge >= 0.3 is 35.5 Å². The average Bonchev–Trinajstić information content (AvgIpc) is 2.16. The number of anilines is 1.